The molecule has 6 nitrogen and oxygen atoms in total. The number of rotatable bonds is 6. The van der Waals surface area contributed by atoms with Crippen molar-refractivity contribution < 1.29 is 19.1 Å². The van der Waals surface area contributed by atoms with Gasteiger partial charge < -0.3 is 20.1 Å². The zero-order valence-corrected chi connectivity index (χ0v) is 16.3. The number of anilines is 1. The molecule has 0 bridgehead atoms. The Kier molecular flexibility index (Phi) is 6.45. The molecule has 2 amide bonds. The van der Waals surface area contributed by atoms with Crippen LogP contribution in [-0.2, 0) is 4.79 Å². The number of carbonyl (C=O) groups is 2. The van der Waals surface area contributed by atoms with Gasteiger partial charge in [0.1, 0.15) is 11.5 Å². The van der Waals surface area contributed by atoms with E-state index in [-0.39, 0.29) is 17.4 Å². The molecule has 2 rings (SSSR count). The number of amides is 2. The number of carbonyl (C=O) groups excluding carboxylic acids is 2. The predicted octanol–water partition coefficient (Wildman–Crippen LogP) is 3.63. The van der Waals surface area contributed by atoms with Crippen LogP contribution in [0.15, 0.2) is 48.5 Å². The van der Waals surface area contributed by atoms with Gasteiger partial charge in [-0.1, -0.05) is 18.2 Å². The third kappa shape index (κ3) is 6.02. The molecule has 0 spiro atoms. The van der Waals surface area contributed by atoms with Crippen LogP contribution in [0.2, 0.25) is 0 Å². The third-order valence-electron chi connectivity index (χ3n) is 3.64. The zero-order valence-electron chi connectivity index (χ0n) is 16.3. The van der Waals surface area contributed by atoms with Crippen molar-refractivity contribution in [2.24, 2.45) is 0 Å². The Bertz CT molecular complexity index is 812. The van der Waals surface area contributed by atoms with Crippen molar-refractivity contribution in [3.05, 3.63) is 54.1 Å². The molecule has 1 atom stereocenters. The van der Waals surface area contributed by atoms with E-state index >= 15 is 0 Å². The van der Waals surface area contributed by atoms with Gasteiger partial charge in [0.15, 0.2) is 6.10 Å². The van der Waals surface area contributed by atoms with E-state index in [0.717, 1.165) is 0 Å². The molecule has 2 aromatic carbocycles. The Morgan fingerprint density at radius 3 is 2.33 bits per heavy atom. The minimum Gasteiger partial charge on any atom is -0.497 e. The summed E-state index contributed by atoms with van der Waals surface area (Å²) in [5.41, 5.74) is 0.455. The summed E-state index contributed by atoms with van der Waals surface area (Å²) in [5, 5.41) is 5.67. The summed E-state index contributed by atoms with van der Waals surface area (Å²) in [6.07, 6.45) is -0.754. The minimum atomic E-state index is -0.754. The first-order valence-electron chi connectivity index (χ1n) is 8.73. The monoisotopic (exact) mass is 370 g/mol. The molecule has 144 valence electrons. The SMILES string of the molecule is COc1cccc(OC(C)C(=O)Nc2ccccc2C(=O)NC(C)(C)C)c1. The van der Waals surface area contributed by atoms with Crippen molar-refractivity contribution in [3.63, 3.8) is 0 Å². The normalized spacial score (nSPS) is 12.0. The van der Waals surface area contributed by atoms with Crippen LogP contribution in [0.4, 0.5) is 5.69 Å². The van der Waals surface area contributed by atoms with Gasteiger partial charge >= 0.3 is 0 Å². The summed E-state index contributed by atoms with van der Waals surface area (Å²) in [6, 6.07) is 13.9. The Labute approximate surface area is 159 Å². The van der Waals surface area contributed by atoms with E-state index < -0.39 is 6.10 Å². The lowest BCUT2D eigenvalue weighted by Gasteiger charge is -2.22. The number of ether oxygens (including phenoxy) is 2. The van der Waals surface area contributed by atoms with E-state index in [0.29, 0.717) is 22.7 Å². The van der Waals surface area contributed by atoms with Crippen LogP contribution in [0.1, 0.15) is 38.1 Å². The van der Waals surface area contributed by atoms with E-state index in [1.54, 1.807) is 62.6 Å². The molecule has 0 saturated carbocycles. The topological polar surface area (TPSA) is 76.7 Å². The molecular formula is C21H26N2O4. The molecule has 0 aliphatic rings. The van der Waals surface area contributed by atoms with E-state index in [9.17, 15) is 9.59 Å². The highest BCUT2D eigenvalue weighted by molar-refractivity contribution is 6.04. The van der Waals surface area contributed by atoms with Gasteiger partial charge in [-0.2, -0.15) is 0 Å². The average Bonchev–Trinajstić information content (AvgIpc) is 2.60. The van der Waals surface area contributed by atoms with Gasteiger partial charge in [-0.15, -0.1) is 0 Å². The molecule has 0 heterocycles. The molecule has 0 radical (unpaired) electrons. The van der Waals surface area contributed by atoms with Crippen molar-refractivity contribution in [2.45, 2.75) is 39.3 Å². The molecule has 0 aliphatic carbocycles. The number of para-hydroxylation sites is 1. The number of benzene rings is 2. The fourth-order valence-corrected chi connectivity index (χ4v) is 2.36. The second-order valence-electron chi connectivity index (χ2n) is 7.18. The maximum Gasteiger partial charge on any atom is 0.265 e. The predicted molar refractivity (Wildman–Crippen MR) is 105 cm³/mol. The van der Waals surface area contributed by atoms with Gasteiger partial charge in [0.2, 0.25) is 0 Å². The molecular weight excluding hydrogens is 344 g/mol. The van der Waals surface area contributed by atoms with Gasteiger partial charge in [-0.05, 0) is 52.0 Å². The smallest absolute Gasteiger partial charge is 0.265 e. The highest BCUT2D eigenvalue weighted by atomic mass is 16.5. The number of methoxy groups -OCH3 is 1. The summed E-state index contributed by atoms with van der Waals surface area (Å²) in [4.78, 5) is 25.0. The van der Waals surface area contributed by atoms with Crippen LogP contribution in [0, 0.1) is 0 Å². The van der Waals surface area contributed by atoms with Gasteiger partial charge in [-0.3, -0.25) is 9.59 Å². The van der Waals surface area contributed by atoms with E-state index in [4.69, 9.17) is 9.47 Å². The highest BCUT2D eigenvalue weighted by Gasteiger charge is 2.21. The quantitative estimate of drug-likeness (QED) is 0.814. The highest BCUT2D eigenvalue weighted by Crippen LogP contribution is 2.21. The summed E-state index contributed by atoms with van der Waals surface area (Å²) >= 11 is 0. The molecule has 0 aromatic heterocycles. The van der Waals surface area contributed by atoms with Gasteiger partial charge in [0, 0.05) is 11.6 Å². The zero-order chi connectivity index (χ0) is 20.0. The van der Waals surface area contributed by atoms with Crippen molar-refractivity contribution in [3.8, 4) is 11.5 Å². The molecule has 0 aliphatic heterocycles. The van der Waals surface area contributed by atoms with Gasteiger partial charge in [0.25, 0.3) is 11.8 Å². The van der Waals surface area contributed by atoms with E-state index in [1.807, 2.05) is 20.8 Å². The molecule has 6 heteroatoms. The van der Waals surface area contributed by atoms with Crippen LogP contribution >= 0.6 is 0 Å². The first-order chi connectivity index (χ1) is 12.7. The van der Waals surface area contributed by atoms with Crippen LogP contribution in [-0.4, -0.2) is 30.6 Å². The number of nitrogens with one attached hydrogen (secondary N) is 2. The lowest BCUT2D eigenvalue weighted by Crippen LogP contribution is -2.41. The Hall–Kier alpha value is -3.02. The van der Waals surface area contributed by atoms with Gasteiger partial charge in [-0.25, -0.2) is 0 Å². The van der Waals surface area contributed by atoms with Crippen molar-refractivity contribution in [1.82, 2.24) is 5.32 Å². The largest absolute Gasteiger partial charge is 0.497 e. The van der Waals surface area contributed by atoms with Crippen molar-refractivity contribution in [2.75, 3.05) is 12.4 Å². The molecule has 0 saturated heterocycles. The Morgan fingerprint density at radius 1 is 1.00 bits per heavy atom. The van der Waals surface area contributed by atoms with Crippen molar-refractivity contribution in [1.29, 1.82) is 0 Å². The fourth-order valence-electron chi connectivity index (χ4n) is 2.36. The lowest BCUT2D eigenvalue weighted by molar-refractivity contribution is -0.122. The molecule has 1 unspecified atom stereocenters. The average molecular weight is 370 g/mol. The summed E-state index contributed by atoms with van der Waals surface area (Å²) in [5.74, 6) is 0.564. The van der Waals surface area contributed by atoms with E-state index in [1.165, 1.54) is 0 Å². The summed E-state index contributed by atoms with van der Waals surface area (Å²) in [6.45, 7) is 7.34. The van der Waals surface area contributed by atoms with Crippen molar-refractivity contribution >= 4 is 17.5 Å². The minimum absolute atomic E-state index is 0.250. The van der Waals surface area contributed by atoms with E-state index in [2.05, 4.69) is 10.6 Å². The molecule has 2 N–H and O–H groups in total. The standard InChI is InChI=1S/C21H26N2O4/c1-14(27-16-10-8-9-15(13-16)26-5)19(24)22-18-12-7-6-11-17(18)20(25)23-21(2,3)4/h6-14H,1-5H3,(H,22,24)(H,23,25). The fraction of sp³-hybridized carbons (Fsp3) is 0.333. The first kappa shape index (κ1) is 20.3. The molecule has 27 heavy (non-hydrogen) atoms. The van der Waals surface area contributed by atoms with Crippen LogP contribution < -0.4 is 20.1 Å². The number of hydrogen-bond donors (Lipinski definition) is 2. The van der Waals surface area contributed by atoms with Crippen LogP contribution in [0.5, 0.6) is 11.5 Å². The molecule has 0 fully saturated rings. The van der Waals surface area contributed by atoms with Crippen LogP contribution in [0.25, 0.3) is 0 Å². The second kappa shape index (κ2) is 8.58. The Balaban J connectivity index is 2.09. The maximum atomic E-state index is 12.5. The third-order valence-corrected chi connectivity index (χ3v) is 3.64. The maximum absolute atomic E-state index is 12.5. The summed E-state index contributed by atoms with van der Waals surface area (Å²) < 4.78 is 10.8. The van der Waals surface area contributed by atoms with Crippen LogP contribution in [0.3, 0.4) is 0 Å². The molecule has 2 aromatic rings. The second-order valence-corrected chi connectivity index (χ2v) is 7.18. The lowest BCUT2D eigenvalue weighted by atomic mass is 10.1. The first-order valence-corrected chi connectivity index (χ1v) is 8.73. The summed E-state index contributed by atoms with van der Waals surface area (Å²) in [7, 11) is 1.56. The Morgan fingerprint density at radius 2 is 1.67 bits per heavy atom. The number of hydrogen-bond acceptors (Lipinski definition) is 4. The van der Waals surface area contributed by atoms with Gasteiger partial charge in [0.05, 0.1) is 18.4 Å².